The molecule has 3 heterocycles. The molecule has 0 aromatic heterocycles. The Kier molecular flexibility index (Phi) is 11.2. The number of carbonyl (C=O) groups excluding carboxylic acids is 4. The van der Waals surface area contributed by atoms with E-state index in [2.05, 4.69) is 5.32 Å². The van der Waals surface area contributed by atoms with Crippen LogP contribution in [0.3, 0.4) is 0 Å². The molecule has 0 saturated carbocycles. The zero-order valence-electron chi connectivity index (χ0n) is 27.5. The third-order valence-corrected chi connectivity index (χ3v) is 10.5. The Hall–Kier alpha value is -5.54. The Balaban J connectivity index is 1.34. The number of nitriles is 1. The predicted octanol–water partition coefficient (Wildman–Crippen LogP) is 3.16. The number of β-lactam (4-membered cyclic amide) rings is 1. The SMILES string of the molecule is C[C@@H](O)[C@H]1C(=O)N2C(C(=O)OCc3ccc([N+](=O)[O-])cc3)=C(S[C@H]3C[C@@H](CNC(=O)CC#N)N(C(=O)OCc4ccc([N+](=O)[O-])cc4)C3)[C@H](C)[C@H]12. The number of thioether (sulfide) groups is 1. The van der Waals surface area contributed by atoms with Crippen LogP contribution in [0.1, 0.15) is 37.8 Å². The first kappa shape index (κ1) is 36.7. The topological polar surface area (TPSA) is 236 Å². The molecule has 17 nitrogen and oxygen atoms in total. The Labute approximate surface area is 295 Å². The lowest BCUT2D eigenvalue weighted by molar-refractivity contribution is -0.385. The van der Waals surface area contributed by atoms with E-state index in [9.17, 15) is 44.5 Å². The van der Waals surface area contributed by atoms with E-state index in [0.717, 1.165) is 0 Å². The quantitative estimate of drug-likeness (QED) is 0.131. The van der Waals surface area contributed by atoms with Crippen LogP contribution in [0.5, 0.6) is 0 Å². The summed E-state index contributed by atoms with van der Waals surface area (Å²) in [5.41, 5.74) is 0.788. The monoisotopic (exact) mass is 722 g/mol. The molecule has 0 spiro atoms. The molecule has 0 bridgehead atoms. The molecular formula is C33H34N6O11S. The van der Waals surface area contributed by atoms with Gasteiger partial charge in [0.05, 0.1) is 40.0 Å². The van der Waals surface area contributed by atoms with E-state index >= 15 is 0 Å². The fraction of sp³-hybridized carbons (Fsp3) is 0.424. The second-order valence-electron chi connectivity index (χ2n) is 12.4. The van der Waals surface area contributed by atoms with Gasteiger partial charge in [0.1, 0.15) is 25.3 Å². The number of nitro groups is 2. The summed E-state index contributed by atoms with van der Waals surface area (Å²) in [6.45, 7) is 3.09. The van der Waals surface area contributed by atoms with Gasteiger partial charge in [-0.2, -0.15) is 5.26 Å². The summed E-state index contributed by atoms with van der Waals surface area (Å²) >= 11 is 1.29. The van der Waals surface area contributed by atoms with E-state index in [1.165, 1.54) is 77.0 Å². The van der Waals surface area contributed by atoms with Crippen LogP contribution in [-0.2, 0) is 37.1 Å². The maximum absolute atomic E-state index is 13.6. The maximum atomic E-state index is 13.6. The lowest BCUT2D eigenvalue weighted by Crippen LogP contribution is -2.63. The molecule has 5 rings (SSSR count). The fourth-order valence-corrected chi connectivity index (χ4v) is 8.02. The molecule has 18 heteroatoms. The number of fused-ring (bicyclic) bond motifs is 1. The van der Waals surface area contributed by atoms with Gasteiger partial charge in [-0.15, -0.1) is 11.8 Å². The van der Waals surface area contributed by atoms with E-state index in [1.54, 1.807) is 6.07 Å². The van der Waals surface area contributed by atoms with Gasteiger partial charge in [-0.05, 0) is 48.7 Å². The number of rotatable bonds is 13. The third-order valence-electron chi connectivity index (χ3n) is 9.01. The molecule has 3 amide bonds. The van der Waals surface area contributed by atoms with Crippen molar-refractivity contribution in [2.75, 3.05) is 13.1 Å². The molecular weight excluding hydrogens is 688 g/mol. The van der Waals surface area contributed by atoms with Gasteiger partial charge in [0.2, 0.25) is 11.8 Å². The average Bonchev–Trinajstić information content (AvgIpc) is 3.61. The number of non-ortho nitro benzene ring substituents is 2. The number of aliphatic hydroxyl groups excluding tert-OH is 1. The van der Waals surface area contributed by atoms with Crippen LogP contribution in [0.4, 0.5) is 16.2 Å². The zero-order chi connectivity index (χ0) is 37.0. The molecule has 51 heavy (non-hydrogen) atoms. The zero-order valence-corrected chi connectivity index (χ0v) is 28.3. The van der Waals surface area contributed by atoms with Crippen LogP contribution in [0.2, 0.25) is 0 Å². The van der Waals surface area contributed by atoms with Crippen molar-refractivity contribution in [1.29, 1.82) is 5.26 Å². The van der Waals surface area contributed by atoms with Crippen LogP contribution < -0.4 is 5.32 Å². The molecule has 2 fully saturated rings. The van der Waals surface area contributed by atoms with Crippen molar-refractivity contribution in [3.63, 3.8) is 0 Å². The minimum atomic E-state index is -0.975. The summed E-state index contributed by atoms with van der Waals surface area (Å²) in [6.07, 6.45) is -1.72. The van der Waals surface area contributed by atoms with Crippen LogP contribution >= 0.6 is 11.8 Å². The van der Waals surface area contributed by atoms with Crippen LogP contribution in [0.15, 0.2) is 59.1 Å². The van der Waals surface area contributed by atoms with E-state index in [4.69, 9.17) is 14.7 Å². The second-order valence-corrected chi connectivity index (χ2v) is 13.7. The highest BCUT2D eigenvalue weighted by molar-refractivity contribution is 8.03. The molecule has 6 atom stereocenters. The van der Waals surface area contributed by atoms with Crippen LogP contribution in [0, 0.1) is 43.4 Å². The number of likely N-dealkylation sites (tertiary alicyclic amines) is 1. The minimum Gasteiger partial charge on any atom is -0.456 e. The van der Waals surface area contributed by atoms with Crippen molar-refractivity contribution in [3.8, 4) is 6.07 Å². The molecule has 3 aliphatic rings. The maximum Gasteiger partial charge on any atom is 0.410 e. The number of hydrogen-bond acceptors (Lipinski definition) is 13. The number of nitrogens with one attached hydrogen (secondary N) is 1. The Morgan fingerprint density at radius 2 is 1.61 bits per heavy atom. The van der Waals surface area contributed by atoms with Crippen molar-refractivity contribution in [2.24, 2.45) is 11.8 Å². The van der Waals surface area contributed by atoms with Gasteiger partial charge in [-0.1, -0.05) is 6.92 Å². The number of ether oxygens (including phenoxy) is 2. The molecule has 0 aliphatic carbocycles. The summed E-state index contributed by atoms with van der Waals surface area (Å²) < 4.78 is 11.1. The normalized spacial score (nSPS) is 22.8. The highest BCUT2D eigenvalue weighted by atomic mass is 32.2. The number of aliphatic hydroxyl groups is 1. The number of hydrogen-bond donors (Lipinski definition) is 2. The number of carbonyl (C=O) groups is 4. The summed E-state index contributed by atoms with van der Waals surface area (Å²) in [4.78, 5) is 76.5. The standard InChI is InChI=1S/C33H34N6O11S/c1-18-28-27(19(2)40)31(42)37(28)29(32(43)49-16-20-3-7-22(8-4-20)38(45)46)30(18)51-25-13-24(14-35-26(41)11-12-34)36(15-25)33(44)50-17-21-5-9-23(10-6-21)39(47)48/h3-10,18-19,24-25,27-28,40H,11,13-17H2,1-2H3,(H,35,41)/t18-,19-,24+,25+,27-,28-/m1/s1. The van der Waals surface area contributed by atoms with E-state index in [0.29, 0.717) is 22.5 Å². The summed E-state index contributed by atoms with van der Waals surface area (Å²) in [5, 5.41) is 43.6. The van der Waals surface area contributed by atoms with Crippen molar-refractivity contribution in [3.05, 3.63) is 90.5 Å². The number of amides is 3. The number of esters is 1. The molecule has 2 aromatic carbocycles. The van der Waals surface area contributed by atoms with Gasteiger partial charge in [-0.3, -0.25) is 29.8 Å². The first-order valence-corrected chi connectivity index (χ1v) is 16.8. The van der Waals surface area contributed by atoms with Gasteiger partial charge >= 0.3 is 12.1 Å². The van der Waals surface area contributed by atoms with Crippen LogP contribution in [-0.4, -0.2) is 85.2 Å². The smallest absolute Gasteiger partial charge is 0.410 e. The van der Waals surface area contributed by atoms with Gasteiger partial charge in [-0.25, -0.2) is 9.59 Å². The Bertz CT molecular complexity index is 1790. The van der Waals surface area contributed by atoms with Crippen LogP contribution in [0.25, 0.3) is 0 Å². The molecule has 2 aromatic rings. The molecule has 3 aliphatic heterocycles. The first-order valence-electron chi connectivity index (χ1n) is 15.9. The first-order chi connectivity index (χ1) is 24.3. The van der Waals surface area contributed by atoms with Crippen molar-refractivity contribution >= 4 is 47.0 Å². The Morgan fingerprint density at radius 3 is 2.14 bits per heavy atom. The lowest BCUT2D eigenvalue weighted by Gasteiger charge is -2.46. The lowest BCUT2D eigenvalue weighted by atomic mass is 9.79. The number of nitrogens with zero attached hydrogens (tertiary/aromatic N) is 5. The van der Waals surface area contributed by atoms with Gasteiger partial charge in [0, 0.05) is 53.4 Å². The van der Waals surface area contributed by atoms with Gasteiger partial charge in [0.15, 0.2) is 0 Å². The van der Waals surface area contributed by atoms with Crippen molar-refractivity contribution in [2.45, 2.75) is 63.3 Å². The molecule has 0 unspecified atom stereocenters. The van der Waals surface area contributed by atoms with Crippen molar-refractivity contribution in [1.82, 2.24) is 15.1 Å². The molecule has 268 valence electrons. The highest BCUT2D eigenvalue weighted by Crippen LogP contribution is 2.52. The number of nitro benzene ring substituents is 2. The molecule has 0 radical (unpaired) electrons. The summed E-state index contributed by atoms with van der Waals surface area (Å²) in [5.74, 6) is -2.87. The number of benzene rings is 2. The van der Waals surface area contributed by atoms with Gasteiger partial charge < -0.3 is 29.7 Å². The largest absolute Gasteiger partial charge is 0.456 e. The van der Waals surface area contributed by atoms with E-state index in [1.807, 2.05) is 6.92 Å². The average molecular weight is 723 g/mol. The molecule has 2 N–H and O–H groups in total. The predicted molar refractivity (Wildman–Crippen MR) is 178 cm³/mol. The van der Waals surface area contributed by atoms with E-state index in [-0.39, 0.29) is 61.0 Å². The second kappa shape index (κ2) is 15.6. The molecule has 2 saturated heterocycles. The minimum absolute atomic E-state index is 0.0142. The van der Waals surface area contributed by atoms with Gasteiger partial charge in [0.25, 0.3) is 11.4 Å². The highest BCUT2D eigenvalue weighted by Gasteiger charge is 2.60. The Morgan fingerprint density at radius 1 is 1.04 bits per heavy atom. The third kappa shape index (κ3) is 7.94. The summed E-state index contributed by atoms with van der Waals surface area (Å²) in [6, 6.07) is 11.7. The van der Waals surface area contributed by atoms with E-state index < -0.39 is 57.8 Å². The van der Waals surface area contributed by atoms with Crippen molar-refractivity contribution < 1.29 is 43.6 Å². The fourth-order valence-electron chi connectivity index (χ4n) is 6.46. The summed E-state index contributed by atoms with van der Waals surface area (Å²) in [7, 11) is 0.